The van der Waals surface area contributed by atoms with E-state index in [2.05, 4.69) is 46.4 Å². The van der Waals surface area contributed by atoms with Crippen molar-refractivity contribution in [2.75, 3.05) is 18.5 Å². The third kappa shape index (κ3) is 3.50. The smallest absolute Gasteiger partial charge is 0.163 e. The number of ether oxygens (including phenoxy) is 2. The first kappa shape index (κ1) is 14.3. The Morgan fingerprint density at radius 3 is 2.67 bits per heavy atom. The second kappa shape index (κ2) is 6.39. The van der Waals surface area contributed by atoms with Crippen molar-refractivity contribution < 1.29 is 9.47 Å². The number of anilines is 1. The minimum atomic E-state index is 0.711. The summed E-state index contributed by atoms with van der Waals surface area (Å²) in [5.41, 5.74) is 3.54. The Morgan fingerprint density at radius 2 is 1.86 bits per heavy atom. The van der Waals surface area contributed by atoms with Crippen LogP contribution in [0.25, 0.3) is 0 Å². The number of hydrogen-bond donors (Lipinski definition) is 1. The van der Waals surface area contributed by atoms with Crippen molar-refractivity contribution in [3.63, 3.8) is 0 Å². The van der Waals surface area contributed by atoms with Gasteiger partial charge in [-0.1, -0.05) is 28.1 Å². The van der Waals surface area contributed by atoms with Crippen LogP contribution in [-0.4, -0.2) is 13.2 Å². The number of benzene rings is 2. The third-order valence-electron chi connectivity index (χ3n) is 3.47. The Morgan fingerprint density at radius 1 is 1.05 bits per heavy atom. The summed E-state index contributed by atoms with van der Waals surface area (Å²) in [4.78, 5) is 0. The van der Waals surface area contributed by atoms with Crippen LogP contribution in [0, 0.1) is 6.92 Å². The van der Waals surface area contributed by atoms with E-state index < -0.39 is 0 Å². The normalized spacial score (nSPS) is 13.6. The second-order valence-corrected chi connectivity index (χ2v) is 6.00. The molecule has 0 bridgehead atoms. The number of hydrogen-bond acceptors (Lipinski definition) is 3. The van der Waals surface area contributed by atoms with Crippen LogP contribution in [0.4, 0.5) is 5.69 Å². The highest BCUT2D eigenvalue weighted by atomic mass is 79.9. The molecule has 0 fully saturated rings. The molecule has 0 saturated heterocycles. The van der Waals surface area contributed by atoms with Gasteiger partial charge in [-0.3, -0.25) is 0 Å². The van der Waals surface area contributed by atoms with Gasteiger partial charge < -0.3 is 14.8 Å². The Balaban J connectivity index is 1.70. The lowest BCUT2D eigenvalue weighted by molar-refractivity contribution is 0.297. The molecule has 21 heavy (non-hydrogen) atoms. The van der Waals surface area contributed by atoms with E-state index in [-0.39, 0.29) is 0 Å². The number of halogens is 1. The molecule has 3 nitrogen and oxygen atoms in total. The molecule has 0 atom stereocenters. The van der Waals surface area contributed by atoms with E-state index in [9.17, 15) is 0 Å². The lowest BCUT2D eigenvalue weighted by Crippen LogP contribution is -2.00. The van der Waals surface area contributed by atoms with Crippen LogP contribution in [0.1, 0.15) is 17.5 Å². The van der Waals surface area contributed by atoms with Gasteiger partial charge >= 0.3 is 0 Å². The van der Waals surface area contributed by atoms with E-state index in [4.69, 9.17) is 9.47 Å². The molecule has 0 aliphatic carbocycles. The molecular weight excluding hydrogens is 330 g/mol. The zero-order chi connectivity index (χ0) is 14.7. The van der Waals surface area contributed by atoms with Gasteiger partial charge in [-0.2, -0.15) is 0 Å². The maximum atomic E-state index is 5.70. The molecule has 0 radical (unpaired) electrons. The van der Waals surface area contributed by atoms with Gasteiger partial charge in [0.05, 0.1) is 13.2 Å². The highest BCUT2D eigenvalue weighted by molar-refractivity contribution is 9.10. The molecule has 110 valence electrons. The zero-order valence-electron chi connectivity index (χ0n) is 12.0. The monoisotopic (exact) mass is 347 g/mol. The van der Waals surface area contributed by atoms with Crippen LogP contribution < -0.4 is 14.8 Å². The van der Waals surface area contributed by atoms with Gasteiger partial charge in [0.2, 0.25) is 0 Å². The summed E-state index contributed by atoms with van der Waals surface area (Å²) in [5.74, 6) is 1.65. The van der Waals surface area contributed by atoms with Gasteiger partial charge in [0.25, 0.3) is 0 Å². The molecule has 1 heterocycles. The summed E-state index contributed by atoms with van der Waals surface area (Å²) in [7, 11) is 0. The largest absolute Gasteiger partial charge is 0.490 e. The van der Waals surface area contributed by atoms with Gasteiger partial charge in [0, 0.05) is 29.2 Å². The van der Waals surface area contributed by atoms with E-state index >= 15 is 0 Å². The molecule has 1 aliphatic rings. The summed E-state index contributed by atoms with van der Waals surface area (Å²) < 4.78 is 12.5. The number of rotatable bonds is 3. The molecule has 1 N–H and O–H groups in total. The summed E-state index contributed by atoms with van der Waals surface area (Å²) in [6.07, 6.45) is 0.926. The average Bonchev–Trinajstić information content (AvgIpc) is 2.73. The molecule has 2 aromatic carbocycles. The van der Waals surface area contributed by atoms with Crippen LogP contribution in [0.2, 0.25) is 0 Å². The standard InChI is InChI=1S/C17H18BrNO2/c1-12-9-13(3-5-15(12)18)11-19-14-4-6-16-17(10-14)21-8-2-7-20-16/h3-6,9-10,19H,2,7-8,11H2,1H3. The first-order chi connectivity index (χ1) is 10.2. The van der Waals surface area contributed by atoms with Crippen LogP contribution in [0.5, 0.6) is 11.5 Å². The van der Waals surface area contributed by atoms with E-state index in [0.717, 1.165) is 41.2 Å². The fourth-order valence-electron chi connectivity index (χ4n) is 2.29. The quantitative estimate of drug-likeness (QED) is 0.884. The first-order valence-electron chi connectivity index (χ1n) is 7.11. The van der Waals surface area contributed by atoms with Crippen molar-refractivity contribution in [2.45, 2.75) is 19.9 Å². The number of aryl methyl sites for hydroxylation is 1. The Bertz CT molecular complexity index is 643. The lowest BCUT2D eigenvalue weighted by Gasteiger charge is -2.11. The molecule has 4 heteroatoms. The van der Waals surface area contributed by atoms with Crippen molar-refractivity contribution in [3.8, 4) is 11.5 Å². The molecule has 0 saturated carbocycles. The highest BCUT2D eigenvalue weighted by Gasteiger charge is 2.10. The summed E-state index contributed by atoms with van der Waals surface area (Å²) >= 11 is 3.52. The summed E-state index contributed by atoms with van der Waals surface area (Å²) in [5, 5.41) is 3.43. The van der Waals surface area contributed by atoms with Crippen LogP contribution in [0.15, 0.2) is 40.9 Å². The third-order valence-corrected chi connectivity index (χ3v) is 4.36. The first-order valence-corrected chi connectivity index (χ1v) is 7.90. The summed E-state index contributed by atoms with van der Waals surface area (Å²) in [6, 6.07) is 12.4. The molecule has 2 aromatic rings. The van der Waals surface area contributed by atoms with Crippen molar-refractivity contribution >= 4 is 21.6 Å². The fourth-order valence-corrected chi connectivity index (χ4v) is 2.54. The van der Waals surface area contributed by atoms with Gasteiger partial charge in [-0.25, -0.2) is 0 Å². The molecule has 0 aromatic heterocycles. The van der Waals surface area contributed by atoms with Gasteiger partial charge in [0.1, 0.15) is 0 Å². The topological polar surface area (TPSA) is 30.5 Å². The number of nitrogens with one attached hydrogen (secondary N) is 1. The van der Waals surface area contributed by atoms with E-state index in [1.807, 2.05) is 18.2 Å². The van der Waals surface area contributed by atoms with Crippen molar-refractivity contribution in [1.82, 2.24) is 0 Å². The predicted molar refractivity (Wildman–Crippen MR) is 88.3 cm³/mol. The average molecular weight is 348 g/mol. The van der Waals surface area contributed by atoms with Crippen molar-refractivity contribution in [1.29, 1.82) is 0 Å². The van der Waals surface area contributed by atoms with Crippen molar-refractivity contribution in [2.24, 2.45) is 0 Å². The molecule has 0 unspecified atom stereocenters. The Kier molecular flexibility index (Phi) is 4.34. The highest BCUT2D eigenvalue weighted by Crippen LogP contribution is 2.32. The van der Waals surface area contributed by atoms with Gasteiger partial charge in [-0.15, -0.1) is 0 Å². The molecule has 1 aliphatic heterocycles. The van der Waals surface area contributed by atoms with Crippen molar-refractivity contribution in [3.05, 3.63) is 52.0 Å². The van der Waals surface area contributed by atoms with Crippen LogP contribution in [0.3, 0.4) is 0 Å². The van der Waals surface area contributed by atoms with Crippen LogP contribution in [-0.2, 0) is 6.54 Å². The minimum Gasteiger partial charge on any atom is -0.490 e. The lowest BCUT2D eigenvalue weighted by atomic mass is 10.1. The van der Waals surface area contributed by atoms with Crippen LogP contribution >= 0.6 is 15.9 Å². The van der Waals surface area contributed by atoms with E-state index in [1.54, 1.807) is 0 Å². The zero-order valence-corrected chi connectivity index (χ0v) is 13.6. The number of fused-ring (bicyclic) bond motifs is 1. The molecular formula is C17H18BrNO2. The van der Waals surface area contributed by atoms with E-state index in [0.29, 0.717) is 6.61 Å². The molecule has 0 amide bonds. The molecule has 0 spiro atoms. The molecule has 3 rings (SSSR count). The minimum absolute atomic E-state index is 0.711. The second-order valence-electron chi connectivity index (χ2n) is 5.15. The van der Waals surface area contributed by atoms with E-state index in [1.165, 1.54) is 11.1 Å². The Hall–Kier alpha value is -1.68. The summed E-state index contributed by atoms with van der Waals surface area (Å²) in [6.45, 7) is 4.31. The Labute approximate surface area is 133 Å². The maximum Gasteiger partial charge on any atom is 0.163 e. The maximum absolute atomic E-state index is 5.70. The fraction of sp³-hybridized carbons (Fsp3) is 0.294. The van der Waals surface area contributed by atoms with Gasteiger partial charge in [-0.05, 0) is 36.2 Å². The SMILES string of the molecule is Cc1cc(CNc2ccc3c(c2)OCCCO3)ccc1Br. The van der Waals surface area contributed by atoms with Gasteiger partial charge in [0.15, 0.2) is 11.5 Å². The predicted octanol–water partition coefficient (Wildman–Crippen LogP) is 4.53.